The molecule has 1 aromatic carbocycles. The summed E-state index contributed by atoms with van der Waals surface area (Å²) in [6, 6.07) is 5.58. The fourth-order valence-corrected chi connectivity index (χ4v) is 2.37. The summed E-state index contributed by atoms with van der Waals surface area (Å²) in [4.78, 5) is 8.30. The fraction of sp³-hybridized carbons (Fsp3) is 0.273. The predicted octanol–water partition coefficient (Wildman–Crippen LogP) is 4.05. The van der Waals surface area contributed by atoms with Crippen molar-refractivity contribution in [3.05, 3.63) is 18.2 Å². The molecule has 8 heteroatoms. The quantitative estimate of drug-likeness (QED) is 0.521. The Kier molecular flexibility index (Phi) is 4.40. The maximum absolute atomic E-state index is 5.63. The molecule has 1 heterocycles. The third-order valence-electron chi connectivity index (χ3n) is 2.17. The van der Waals surface area contributed by atoms with E-state index in [0.717, 1.165) is 16.0 Å². The number of nitrogens with zero attached hydrogens (tertiary/aromatic N) is 2. The van der Waals surface area contributed by atoms with Crippen LogP contribution < -0.4 is 10.5 Å². The lowest BCUT2D eigenvalue weighted by molar-refractivity contribution is 0.341. The van der Waals surface area contributed by atoms with Gasteiger partial charge in [0.1, 0.15) is 5.75 Å². The maximum atomic E-state index is 5.63. The van der Waals surface area contributed by atoms with Crippen molar-refractivity contribution < 1.29 is 4.74 Å². The van der Waals surface area contributed by atoms with E-state index >= 15 is 0 Å². The summed E-state index contributed by atoms with van der Waals surface area (Å²) >= 11 is 18.2. The van der Waals surface area contributed by atoms with Crippen LogP contribution in [-0.4, -0.2) is 21.2 Å². The summed E-state index contributed by atoms with van der Waals surface area (Å²) in [6.07, 6.45) is 0. The van der Waals surface area contributed by atoms with Crippen molar-refractivity contribution in [1.29, 1.82) is 0 Å². The Balaban J connectivity index is 2.37. The molecular formula is C11H10Cl3N3OS. The minimum Gasteiger partial charge on any atom is -0.494 e. The molecule has 0 radical (unpaired) electrons. The Morgan fingerprint density at radius 1 is 1.47 bits per heavy atom. The van der Waals surface area contributed by atoms with Crippen LogP contribution in [0.15, 0.2) is 23.2 Å². The number of hydrogen-bond acceptors (Lipinski definition) is 4. The number of ether oxygens (including phenoxy) is 1. The molecule has 0 atom stereocenters. The molecule has 0 saturated carbocycles. The van der Waals surface area contributed by atoms with Crippen LogP contribution in [-0.2, 0) is 0 Å². The molecule has 0 fully saturated rings. The van der Waals surface area contributed by atoms with Gasteiger partial charge < -0.3 is 10.5 Å². The molecule has 0 unspecified atom stereocenters. The van der Waals surface area contributed by atoms with Gasteiger partial charge in [0.15, 0.2) is 5.84 Å². The second-order valence-corrected chi connectivity index (χ2v) is 6.84. The largest absolute Gasteiger partial charge is 0.494 e. The third-order valence-corrected chi connectivity index (χ3v) is 3.66. The zero-order valence-corrected chi connectivity index (χ0v) is 12.9. The van der Waals surface area contributed by atoms with Gasteiger partial charge in [-0.3, -0.25) is 0 Å². The first-order valence-corrected chi connectivity index (χ1v) is 7.30. The molecule has 19 heavy (non-hydrogen) atoms. The highest BCUT2D eigenvalue weighted by molar-refractivity contribution is 7.22. The van der Waals surface area contributed by atoms with Crippen LogP contribution in [0.3, 0.4) is 0 Å². The van der Waals surface area contributed by atoms with Gasteiger partial charge in [-0.1, -0.05) is 46.1 Å². The number of benzene rings is 1. The van der Waals surface area contributed by atoms with Crippen LogP contribution in [0.4, 0.5) is 5.13 Å². The van der Waals surface area contributed by atoms with Crippen molar-refractivity contribution in [3.63, 3.8) is 0 Å². The number of aliphatic imine (C=N–C) groups is 1. The Labute approximate surface area is 129 Å². The van der Waals surface area contributed by atoms with E-state index in [2.05, 4.69) is 9.98 Å². The first kappa shape index (κ1) is 14.7. The summed E-state index contributed by atoms with van der Waals surface area (Å²) < 4.78 is 4.62. The van der Waals surface area contributed by atoms with Crippen molar-refractivity contribution in [2.75, 3.05) is 6.61 Å². The second kappa shape index (κ2) is 5.71. The number of alkyl halides is 3. The van der Waals surface area contributed by atoms with Gasteiger partial charge in [-0.2, -0.15) is 0 Å². The van der Waals surface area contributed by atoms with Gasteiger partial charge in [0.25, 0.3) is 0 Å². The molecule has 4 nitrogen and oxygen atoms in total. The van der Waals surface area contributed by atoms with Gasteiger partial charge in [0, 0.05) is 0 Å². The molecule has 0 aliphatic heterocycles. The average molecular weight is 339 g/mol. The van der Waals surface area contributed by atoms with Gasteiger partial charge in [-0.05, 0) is 25.1 Å². The Hall–Kier alpha value is -0.750. The highest BCUT2D eigenvalue weighted by atomic mass is 35.6. The standard InChI is InChI=1S/C11H10Cl3N3OS/c1-2-18-6-3-4-7-8(5-6)19-10(16-7)17-9(15)11(12,13)14/h3-5H,2H2,1H3,(H2,15,16,17). The monoisotopic (exact) mass is 337 g/mol. The van der Waals surface area contributed by atoms with Crippen LogP contribution in [0.5, 0.6) is 5.75 Å². The number of thiazole rings is 1. The third kappa shape index (κ3) is 3.63. The van der Waals surface area contributed by atoms with Crippen molar-refractivity contribution in [3.8, 4) is 5.75 Å². The van der Waals surface area contributed by atoms with E-state index in [0.29, 0.717) is 11.7 Å². The highest BCUT2D eigenvalue weighted by Gasteiger charge is 2.25. The molecule has 0 bridgehead atoms. The van der Waals surface area contributed by atoms with Crippen LogP contribution in [0.25, 0.3) is 10.2 Å². The van der Waals surface area contributed by atoms with Crippen molar-refractivity contribution in [1.82, 2.24) is 4.98 Å². The molecule has 0 amide bonds. The summed E-state index contributed by atoms with van der Waals surface area (Å²) in [5.41, 5.74) is 6.37. The zero-order chi connectivity index (χ0) is 14.0. The smallest absolute Gasteiger partial charge is 0.247 e. The lowest BCUT2D eigenvalue weighted by atomic mass is 10.3. The number of amidine groups is 1. The van der Waals surface area contributed by atoms with E-state index in [9.17, 15) is 0 Å². The normalized spacial score (nSPS) is 12.9. The van der Waals surface area contributed by atoms with Crippen LogP contribution in [0, 0.1) is 0 Å². The molecule has 0 spiro atoms. The molecule has 2 rings (SSSR count). The molecule has 0 saturated heterocycles. The Morgan fingerprint density at radius 2 is 2.21 bits per heavy atom. The van der Waals surface area contributed by atoms with E-state index < -0.39 is 3.79 Å². The number of aromatic nitrogens is 1. The molecule has 0 aliphatic rings. The van der Waals surface area contributed by atoms with Gasteiger partial charge >= 0.3 is 0 Å². The number of rotatable bonds is 3. The minimum absolute atomic E-state index is 0.110. The fourth-order valence-electron chi connectivity index (χ4n) is 1.36. The van der Waals surface area contributed by atoms with E-state index in [-0.39, 0.29) is 5.84 Å². The van der Waals surface area contributed by atoms with Crippen LogP contribution in [0.1, 0.15) is 6.92 Å². The van der Waals surface area contributed by atoms with Gasteiger partial charge in [0.2, 0.25) is 8.92 Å². The molecule has 0 aliphatic carbocycles. The Morgan fingerprint density at radius 3 is 2.84 bits per heavy atom. The lowest BCUT2D eigenvalue weighted by Gasteiger charge is -2.07. The van der Waals surface area contributed by atoms with E-state index in [4.69, 9.17) is 45.3 Å². The lowest BCUT2D eigenvalue weighted by Crippen LogP contribution is -2.27. The summed E-state index contributed by atoms with van der Waals surface area (Å²) in [5.74, 6) is 0.671. The van der Waals surface area contributed by atoms with Gasteiger partial charge in [0.05, 0.1) is 16.8 Å². The van der Waals surface area contributed by atoms with Crippen molar-refractivity contribution in [2.45, 2.75) is 10.7 Å². The number of fused-ring (bicyclic) bond motifs is 1. The first-order chi connectivity index (χ1) is 8.90. The van der Waals surface area contributed by atoms with Gasteiger partial charge in [-0.15, -0.1) is 0 Å². The van der Waals surface area contributed by atoms with E-state index in [1.54, 1.807) is 0 Å². The molecule has 1 aromatic heterocycles. The zero-order valence-electron chi connectivity index (χ0n) is 9.86. The number of hydrogen-bond donors (Lipinski definition) is 1. The Bertz CT molecular complexity index is 621. The number of halogens is 3. The molecule has 2 aromatic rings. The molecular weight excluding hydrogens is 329 g/mol. The number of nitrogens with two attached hydrogens (primary N) is 1. The predicted molar refractivity (Wildman–Crippen MR) is 82.4 cm³/mol. The maximum Gasteiger partial charge on any atom is 0.247 e. The van der Waals surface area contributed by atoms with Gasteiger partial charge in [-0.25, -0.2) is 9.98 Å². The first-order valence-electron chi connectivity index (χ1n) is 5.35. The van der Waals surface area contributed by atoms with E-state index in [1.807, 2.05) is 25.1 Å². The molecule has 102 valence electrons. The summed E-state index contributed by atoms with van der Waals surface area (Å²) in [5, 5.41) is 0.437. The highest BCUT2D eigenvalue weighted by Crippen LogP contribution is 2.33. The minimum atomic E-state index is -1.73. The topological polar surface area (TPSA) is 60.5 Å². The molecule has 2 N–H and O–H groups in total. The van der Waals surface area contributed by atoms with Crippen LogP contribution >= 0.6 is 46.1 Å². The second-order valence-electron chi connectivity index (χ2n) is 3.55. The van der Waals surface area contributed by atoms with Crippen molar-refractivity contribution in [2.24, 2.45) is 10.7 Å². The summed E-state index contributed by atoms with van der Waals surface area (Å²) in [6.45, 7) is 2.53. The van der Waals surface area contributed by atoms with E-state index in [1.165, 1.54) is 11.3 Å². The summed E-state index contributed by atoms with van der Waals surface area (Å²) in [7, 11) is 0. The van der Waals surface area contributed by atoms with Crippen molar-refractivity contribution >= 4 is 67.3 Å². The van der Waals surface area contributed by atoms with Crippen LogP contribution in [0.2, 0.25) is 0 Å². The SMILES string of the molecule is CCOc1ccc2nc(/N=C(\N)C(Cl)(Cl)Cl)sc2c1. The average Bonchev–Trinajstić information content (AvgIpc) is 2.69.